The number of unbranched alkanes of at least 4 members (excludes halogenated alkanes) is 1. The number of nitrogens with two attached hydrogens (primary N) is 1. The molecule has 0 aromatic heterocycles. The van der Waals surface area contributed by atoms with Crippen molar-refractivity contribution in [2.45, 2.75) is 46.5 Å². The molecule has 0 aliphatic carbocycles. The molecule has 0 radical (unpaired) electrons. The van der Waals surface area contributed by atoms with E-state index < -0.39 is 0 Å². The van der Waals surface area contributed by atoms with Crippen molar-refractivity contribution in [3.63, 3.8) is 0 Å². The number of hydrogen-bond donors (Lipinski definition) is 1. The monoisotopic (exact) mass is 212 g/mol. The van der Waals surface area contributed by atoms with Crippen LogP contribution in [0.15, 0.2) is 0 Å². The third-order valence-electron chi connectivity index (χ3n) is 3.87. The lowest BCUT2D eigenvalue weighted by atomic mass is 9.72. The molecular weight excluding hydrogens is 184 g/mol. The summed E-state index contributed by atoms with van der Waals surface area (Å²) in [6, 6.07) is 0. The Morgan fingerprint density at radius 3 is 2.67 bits per heavy atom. The molecule has 0 aromatic rings. The molecule has 1 rings (SSSR count). The van der Waals surface area contributed by atoms with Crippen molar-refractivity contribution in [1.29, 1.82) is 0 Å². The van der Waals surface area contributed by atoms with Gasteiger partial charge in [-0.25, -0.2) is 0 Å². The predicted octanol–water partition coefficient (Wildman–Crippen LogP) is 2.48. The molecule has 90 valence electrons. The molecule has 1 fully saturated rings. The van der Waals surface area contributed by atoms with Gasteiger partial charge >= 0.3 is 0 Å². The summed E-state index contributed by atoms with van der Waals surface area (Å²) in [6.45, 7) is 11.8. The van der Waals surface area contributed by atoms with E-state index in [9.17, 15) is 0 Å². The maximum Gasteiger partial charge on any atom is 0.00353 e. The fraction of sp³-hybridized carbons (Fsp3) is 1.00. The fourth-order valence-corrected chi connectivity index (χ4v) is 2.82. The van der Waals surface area contributed by atoms with E-state index in [-0.39, 0.29) is 0 Å². The second-order valence-electron chi connectivity index (χ2n) is 5.68. The minimum absolute atomic E-state index is 0.464. The van der Waals surface area contributed by atoms with Gasteiger partial charge in [0.25, 0.3) is 0 Å². The van der Waals surface area contributed by atoms with E-state index in [1.54, 1.807) is 0 Å². The smallest absolute Gasteiger partial charge is 0.00353 e. The first-order chi connectivity index (χ1) is 7.10. The lowest BCUT2D eigenvalue weighted by Crippen LogP contribution is -2.46. The Bertz CT molecular complexity index is 177. The third-order valence-corrected chi connectivity index (χ3v) is 3.87. The summed E-state index contributed by atoms with van der Waals surface area (Å²) >= 11 is 0. The number of rotatable bonds is 5. The van der Waals surface area contributed by atoms with E-state index >= 15 is 0 Å². The topological polar surface area (TPSA) is 29.3 Å². The summed E-state index contributed by atoms with van der Waals surface area (Å²) in [5.41, 5.74) is 6.15. The van der Waals surface area contributed by atoms with Crippen molar-refractivity contribution in [1.82, 2.24) is 4.90 Å². The molecule has 0 saturated carbocycles. The molecule has 0 spiro atoms. The molecule has 1 aliphatic heterocycles. The van der Waals surface area contributed by atoms with Gasteiger partial charge < -0.3 is 10.6 Å². The van der Waals surface area contributed by atoms with E-state index in [0.717, 1.165) is 12.5 Å². The van der Waals surface area contributed by atoms with Gasteiger partial charge in [0.2, 0.25) is 0 Å². The van der Waals surface area contributed by atoms with E-state index in [4.69, 9.17) is 5.73 Å². The molecule has 15 heavy (non-hydrogen) atoms. The second kappa shape index (κ2) is 5.86. The van der Waals surface area contributed by atoms with E-state index in [1.807, 2.05) is 0 Å². The maximum atomic E-state index is 5.68. The molecule has 1 aliphatic rings. The quantitative estimate of drug-likeness (QED) is 0.758. The van der Waals surface area contributed by atoms with Crippen LogP contribution in [0, 0.1) is 11.3 Å². The number of piperidine rings is 1. The van der Waals surface area contributed by atoms with Crippen molar-refractivity contribution in [2.24, 2.45) is 17.1 Å². The summed E-state index contributed by atoms with van der Waals surface area (Å²) in [4.78, 5) is 2.64. The highest BCUT2D eigenvalue weighted by Crippen LogP contribution is 2.36. The summed E-state index contributed by atoms with van der Waals surface area (Å²) < 4.78 is 0. The first-order valence-electron chi connectivity index (χ1n) is 6.52. The van der Waals surface area contributed by atoms with Crippen LogP contribution in [0.2, 0.25) is 0 Å². The fourth-order valence-electron chi connectivity index (χ4n) is 2.82. The van der Waals surface area contributed by atoms with Gasteiger partial charge in [-0.05, 0) is 50.2 Å². The molecular formula is C13H28N2. The van der Waals surface area contributed by atoms with E-state index in [1.165, 1.54) is 45.3 Å². The molecule has 1 heterocycles. The molecule has 0 aromatic carbocycles. The highest BCUT2D eigenvalue weighted by atomic mass is 15.1. The van der Waals surface area contributed by atoms with Crippen LogP contribution >= 0.6 is 0 Å². The van der Waals surface area contributed by atoms with Crippen LogP contribution in [0.1, 0.15) is 46.5 Å². The molecule has 1 atom stereocenters. The van der Waals surface area contributed by atoms with Crippen molar-refractivity contribution in [3.05, 3.63) is 0 Å². The Balaban J connectivity index is 2.41. The summed E-state index contributed by atoms with van der Waals surface area (Å²) in [5, 5.41) is 0. The molecule has 1 unspecified atom stereocenters. The van der Waals surface area contributed by atoms with Crippen LogP contribution in [0.25, 0.3) is 0 Å². The highest BCUT2D eigenvalue weighted by Gasteiger charge is 2.34. The van der Waals surface area contributed by atoms with Crippen molar-refractivity contribution in [2.75, 3.05) is 26.2 Å². The largest absolute Gasteiger partial charge is 0.330 e. The predicted molar refractivity (Wildman–Crippen MR) is 66.9 cm³/mol. The zero-order valence-electron chi connectivity index (χ0n) is 10.8. The van der Waals surface area contributed by atoms with Crippen molar-refractivity contribution >= 4 is 0 Å². The van der Waals surface area contributed by atoms with Crippen molar-refractivity contribution < 1.29 is 0 Å². The lowest BCUT2D eigenvalue weighted by molar-refractivity contribution is 0.0510. The Morgan fingerprint density at radius 1 is 1.40 bits per heavy atom. The first-order valence-corrected chi connectivity index (χ1v) is 6.52. The summed E-state index contributed by atoms with van der Waals surface area (Å²) in [6.07, 6.45) is 5.20. The van der Waals surface area contributed by atoms with Gasteiger partial charge in [0.15, 0.2) is 0 Å². The van der Waals surface area contributed by atoms with Crippen LogP contribution in [-0.2, 0) is 0 Å². The van der Waals surface area contributed by atoms with Gasteiger partial charge in [-0.3, -0.25) is 0 Å². The van der Waals surface area contributed by atoms with Crippen LogP contribution in [0.5, 0.6) is 0 Å². The third kappa shape index (κ3) is 3.76. The normalized spacial score (nSPS) is 26.8. The summed E-state index contributed by atoms with van der Waals surface area (Å²) in [5.74, 6) is 0.834. The van der Waals surface area contributed by atoms with Gasteiger partial charge in [-0.2, -0.15) is 0 Å². The highest BCUT2D eigenvalue weighted by molar-refractivity contribution is 4.87. The Kier molecular flexibility index (Phi) is 5.07. The Labute approximate surface area is 95.2 Å². The average Bonchev–Trinajstić information content (AvgIpc) is 2.18. The van der Waals surface area contributed by atoms with Gasteiger partial charge in [0.1, 0.15) is 0 Å². The molecule has 2 nitrogen and oxygen atoms in total. The Hall–Kier alpha value is -0.0800. The number of hydrogen-bond acceptors (Lipinski definition) is 2. The molecule has 0 bridgehead atoms. The van der Waals surface area contributed by atoms with Gasteiger partial charge in [-0.15, -0.1) is 0 Å². The number of likely N-dealkylation sites (tertiary alicyclic amines) is 1. The number of nitrogens with zero attached hydrogens (tertiary/aromatic N) is 1. The van der Waals surface area contributed by atoms with Crippen LogP contribution < -0.4 is 5.73 Å². The average molecular weight is 212 g/mol. The summed E-state index contributed by atoms with van der Waals surface area (Å²) in [7, 11) is 0. The minimum Gasteiger partial charge on any atom is -0.330 e. The van der Waals surface area contributed by atoms with Crippen LogP contribution in [0.3, 0.4) is 0 Å². The lowest BCUT2D eigenvalue weighted by Gasteiger charge is -2.44. The molecule has 0 amide bonds. The van der Waals surface area contributed by atoms with Gasteiger partial charge in [0.05, 0.1) is 0 Å². The van der Waals surface area contributed by atoms with Crippen LogP contribution in [0.4, 0.5) is 0 Å². The van der Waals surface area contributed by atoms with Gasteiger partial charge in [0, 0.05) is 6.54 Å². The zero-order valence-corrected chi connectivity index (χ0v) is 10.8. The zero-order chi connectivity index (χ0) is 11.3. The standard InChI is InChI=1S/C13H28N2/c1-4-5-9-15-10-7-12(6-8-14)13(2,3)11-15/h12H,4-11,14H2,1-3H3. The SMILES string of the molecule is CCCCN1CCC(CCN)C(C)(C)C1. The second-order valence-corrected chi connectivity index (χ2v) is 5.68. The van der Waals surface area contributed by atoms with Crippen molar-refractivity contribution in [3.8, 4) is 0 Å². The Morgan fingerprint density at radius 2 is 2.13 bits per heavy atom. The minimum atomic E-state index is 0.464. The van der Waals surface area contributed by atoms with E-state index in [2.05, 4.69) is 25.7 Å². The van der Waals surface area contributed by atoms with E-state index in [0.29, 0.717) is 5.41 Å². The molecule has 2 heteroatoms. The maximum absolute atomic E-state index is 5.68. The molecule has 2 N–H and O–H groups in total. The van der Waals surface area contributed by atoms with Gasteiger partial charge in [-0.1, -0.05) is 27.2 Å². The molecule has 1 saturated heterocycles. The first kappa shape index (κ1) is 13.0. The van der Waals surface area contributed by atoms with Crippen LogP contribution in [-0.4, -0.2) is 31.1 Å².